The molecule has 0 bridgehead atoms. The molecule has 1 amide bonds. The Kier molecular flexibility index (Phi) is 6.08. The Morgan fingerprint density at radius 3 is 2.70 bits per heavy atom. The quantitative estimate of drug-likeness (QED) is 0.627. The largest absolute Gasteiger partial charge is 0.457 e. The van der Waals surface area contributed by atoms with Crippen LogP contribution < -0.4 is 10.1 Å². The lowest BCUT2D eigenvalue weighted by atomic mass is 10.2. The summed E-state index contributed by atoms with van der Waals surface area (Å²) in [6.07, 6.45) is 1.56. The van der Waals surface area contributed by atoms with E-state index in [-0.39, 0.29) is 11.7 Å². The van der Waals surface area contributed by atoms with E-state index in [1.165, 1.54) is 11.8 Å². The van der Waals surface area contributed by atoms with Crippen molar-refractivity contribution in [1.82, 2.24) is 4.98 Å². The van der Waals surface area contributed by atoms with Crippen molar-refractivity contribution in [3.05, 3.63) is 78.0 Å². The van der Waals surface area contributed by atoms with Crippen molar-refractivity contribution in [2.45, 2.75) is 11.9 Å². The van der Waals surface area contributed by atoms with Gasteiger partial charge in [0.25, 0.3) is 0 Å². The number of amides is 1. The van der Waals surface area contributed by atoms with Crippen molar-refractivity contribution in [2.24, 2.45) is 0 Å². The van der Waals surface area contributed by atoms with Gasteiger partial charge in [0, 0.05) is 11.9 Å². The molecule has 1 heterocycles. The van der Waals surface area contributed by atoms with E-state index in [2.05, 4.69) is 16.4 Å². The molecule has 0 fully saturated rings. The van der Waals surface area contributed by atoms with Gasteiger partial charge in [-0.2, -0.15) is 5.26 Å². The minimum Gasteiger partial charge on any atom is -0.457 e. The maximum absolute atomic E-state index is 12.1. The number of benzene rings is 2. The van der Waals surface area contributed by atoms with Crippen LogP contribution in [0.5, 0.6) is 11.5 Å². The smallest absolute Gasteiger partial charge is 0.234 e. The van der Waals surface area contributed by atoms with Crippen LogP contribution >= 0.6 is 11.8 Å². The molecular formula is C21H17N3O2S. The standard InChI is InChI=1S/C21H17N3O2S/c1-15-3-2-4-19(11-15)26-18-7-5-17(6-8-18)24-20(25)14-27-21-12-16(13-22)9-10-23-21/h2-12H,14H2,1H3,(H,24,25). The highest BCUT2D eigenvalue weighted by Gasteiger charge is 2.06. The first-order chi connectivity index (χ1) is 13.1. The Labute approximate surface area is 162 Å². The van der Waals surface area contributed by atoms with Crippen molar-refractivity contribution < 1.29 is 9.53 Å². The number of aromatic nitrogens is 1. The van der Waals surface area contributed by atoms with Gasteiger partial charge < -0.3 is 10.1 Å². The summed E-state index contributed by atoms with van der Waals surface area (Å²) in [5, 5.41) is 12.4. The first-order valence-electron chi connectivity index (χ1n) is 8.26. The van der Waals surface area contributed by atoms with Crippen LogP contribution in [-0.4, -0.2) is 16.6 Å². The molecule has 0 aliphatic heterocycles. The van der Waals surface area contributed by atoms with Crippen molar-refractivity contribution in [3.8, 4) is 17.6 Å². The average molecular weight is 375 g/mol. The number of hydrogen-bond acceptors (Lipinski definition) is 5. The molecule has 0 aliphatic carbocycles. The fourth-order valence-electron chi connectivity index (χ4n) is 2.32. The number of carbonyl (C=O) groups excluding carboxylic acids is 1. The fourth-order valence-corrected chi connectivity index (χ4v) is 3.01. The van der Waals surface area contributed by atoms with Crippen LogP contribution in [0.25, 0.3) is 0 Å². The van der Waals surface area contributed by atoms with E-state index in [0.717, 1.165) is 11.3 Å². The Morgan fingerprint density at radius 1 is 1.15 bits per heavy atom. The van der Waals surface area contributed by atoms with Gasteiger partial charge in [0.1, 0.15) is 11.5 Å². The number of nitrogens with one attached hydrogen (secondary N) is 1. The second-order valence-electron chi connectivity index (χ2n) is 5.77. The summed E-state index contributed by atoms with van der Waals surface area (Å²) in [5.74, 6) is 1.54. The molecule has 134 valence electrons. The van der Waals surface area contributed by atoms with E-state index < -0.39 is 0 Å². The molecule has 1 N–H and O–H groups in total. The zero-order chi connectivity index (χ0) is 19.1. The van der Waals surface area contributed by atoms with Crippen molar-refractivity contribution in [1.29, 1.82) is 5.26 Å². The summed E-state index contributed by atoms with van der Waals surface area (Å²) >= 11 is 1.28. The van der Waals surface area contributed by atoms with Crippen LogP contribution in [0.3, 0.4) is 0 Å². The number of thioether (sulfide) groups is 1. The van der Waals surface area contributed by atoms with E-state index in [1.807, 2.05) is 43.3 Å². The lowest BCUT2D eigenvalue weighted by Crippen LogP contribution is -2.14. The maximum atomic E-state index is 12.1. The second kappa shape index (κ2) is 8.88. The number of rotatable bonds is 6. The molecule has 27 heavy (non-hydrogen) atoms. The first kappa shape index (κ1) is 18.5. The van der Waals surface area contributed by atoms with E-state index in [0.29, 0.717) is 22.0 Å². The van der Waals surface area contributed by atoms with Gasteiger partial charge in [-0.1, -0.05) is 23.9 Å². The van der Waals surface area contributed by atoms with E-state index >= 15 is 0 Å². The number of nitriles is 1. The van der Waals surface area contributed by atoms with E-state index in [1.54, 1.807) is 30.5 Å². The van der Waals surface area contributed by atoms with Crippen LogP contribution in [0.15, 0.2) is 71.9 Å². The van der Waals surface area contributed by atoms with Crippen molar-refractivity contribution >= 4 is 23.4 Å². The molecule has 1 aromatic heterocycles. The minimum absolute atomic E-state index is 0.142. The normalized spacial score (nSPS) is 10.1. The van der Waals surface area contributed by atoms with E-state index in [9.17, 15) is 4.79 Å². The third-order valence-electron chi connectivity index (χ3n) is 3.58. The summed E-state index contributed by atoms with van der Waals surface area (Å²) in [4.78, 5) is 16.2. The molecule has 0 saturated carbocycles. The van der Waals surface area contributed by atoms with Gasteiger partial charge in [-0.3, -0.25) is 4.79 Å². The van der Waals surface area contributed by atoms with Crippen molar-refractivity contribution in [2.75, 3.05) is 11.1 Å². The highest BCUT2D eigenvalue weighted by molar-refractivity contribution is 7.99. The van der Waals surface area contributed by atoms with Gasteiger partial charge in [0.05, 0.1) is 22.4 Å². The average Bonchev–Trinajstić information content (AvgIpc) is 2.68. The number of pyridine rings is 1. The maximum Gasteiger partial charge on any atom is 0.234 e. The van der Waals surface area contributed by atoms with Gasteiger partial charge >= 0.3 is 0 Å². The SMILES string of the molecule is Cc1cccc(Oc2ccc(NC(=O)CSc3cc(C#N)ccn3)cc2)c1. The highest BCUT2D eigenvalue weighted by Crippen LogP contribution is 2.24. The van der Waals surface area contributed by atoms with Gasteiger partial charge in [0.2, 0.25) is 5.91 Å². The number of aryl methyl sites for hydroxylation is 1. The zero-order valence-electron chi connectivity index (χ0n) is 14.7. The lowest BCUT2D eigenvalue weighted by molar-refractivity contribution is -0.113. The molecule has 6 heteroatoms. The summed E-state index contributed by atoms with van der Waals surface area (Å²) in [6, 6.07) is 20.4. The third-order valence-corrected chi connectivity index (χ3v) is 4.50. The monoisotopic (exact) mass is 375 g/mol. The number of ether oxygens (including phenoxy) is 1. The number of nitrogens with zero attached hydrogens (tertiary/aromatic N) is 2. The Morgan fingerprint density at radius 2 is 1.96 bits per heavy atom. The third kappa shape index (κ3) is 5.59. The van der Waals surface area contributed by atoms with Crippen molar-refractivity contribution in [3.63, 3.8) is 0 Å². The predicted octanol–water partition coefficient (Wildman–Crippen LogP) is 4.78. The lowest BCUT2D eigenvalue weighted by Gasteiger charge is -2.08. The van der Waals surface area contributed by atoms with Gasteiger partial charge in [-0.05, 0) is 61.0 Å². The minimum atomic E-state index is -0.142. The second-order valence-corrected chi connectivity index (χ2v) is 6.77. The first-order valence-corrected chi connectivity index (χ1v) is 9.24. The zero-order valence-corrected chi connectivity index (χ0v) is 15.5. The molecule has 0 unspecified atom stereocenters. The molecule has 3 aromatic rings. The molecule has 3 rings (SSSR count). The number of hydrogen-bond donors (Lipinski definition) is 1. The highest BCUT2D eigenvalue weighted by atomic mass is 32.2. The van der Waals surface area contributed by atoms with Gasteiger partial charge in [-0.15, -0.1) is 0 Å². The summed E-state index contributed by atoms with van der Waals surface area (Å²) < 4.78 is 5.79. The molecule has 5 nitrogen and oxygen atoms in total. The van der Waals surface area contributed by atoms with Crippen LogP contribution in [0.4, 0.5) is 5.69 Å². The molecule has 2 aromatic carbocycles. The molecular weight excluding hydrogens is 358 g/mol. The van der Waals surface area contributed by atoms with Crippen LogP contribution in [0.2, 0.25) is 0 Å². The summed E-state index contributed by atoms with van der Waals surface area (Å²) in [6.45, 7) is 2.01. The number of anilines is 1. The summed E-state index contributed by atoms with van der Waals surface area (Å²) in [5.41, 5.74) is 2.34. The van der Waals surface area contributed by atoms with Crippen LogP contribution in [0, 0.1) is 18.3 Å². The number of carbonyl (C=O) groups is 1. The topological polar surface area (TPSA) is 75.0 Å². The summed E-state index contributed by atoms with van der Waals surface area (Å²) in [7, 11) is 0. The molecule has 0 saturated heterocycles. The molecule has 0 atom stereocenters. The Balaban J connectivity index is 1.53. The Hall–Kier alpha value is -3.30. The molecule has 0 aliphatic rings. The molecule has 0 radical (unpaired) electrons. The molecule has 0 spiro atoms. The van der Waals surface area contributed by atoms with Gasteiger partial charge in [-0.25, -0.2) is 4.98 Å². The van der Waals surface area contributed by atoms with Crippen LogP contribution in [-0.2, 0) is 4.79 Å². The van der Waals surface area contributed by atoms with Gasteiger partial charge in [0.15, 0.2) is 0 Å². The van der Waals surface area contributed by atoms with E-state index in [4.69, 9.17) is 10.00 Å². The predicted molar refractivity (Wildman–Crippen MR) is 106 cm³/mol. The Bertz CT molecular complexity index is 981. The fraction of sp³-hybridized carbons (Fsp3) is 0.0952. The van der Waals surface area contributed by atoms with Crippen LogP contribution in [0.1, 0.15) is 11.1 Å².